The van der Waals surface area contributed by atoms with E-state index >= 15 is 0 Å². The van der Waals surface area contributed by atoms with Crippen LogP contribution in [0, 0.1) is 15.9 Å². The molecule has 0 spiro atoms. The summed E-state index contributed by atoms with van der Waals surface area (Å²) >= 11 is 5.85. The second-order valence-electron chi connectivity index (χ2n) is 4.93. The van der Waals surface area contributed by atoms with E-state index in [-0.39, 0.29) is 22.8 Å². The second-order valence-corrected chi connectivity index (χ2v) is 5.34. The van der Waals surface area contributed by atoms with Crippen molar-refractivity contribution in [3.05, 3.63) is 69.0 Å². The molecular formula is C16H12ClFN2O5. The van der Waals surface area contributed by atoms with Crippen molar-refractivity contribution < 1.29 is 23.6 Å². The number of nitrogens with zero attached hydrogens (tertiary/aromatic N) is 1. The van der Waals surface area contributed by atoms with E-state index in [1.165, 1.54) is 36.4 Å². The molecule has 0 saturated heterocycles. The summed E-state index contributed by atoms with van der Waals surface area (Å²) in [6, 6.07) is 8.84. The van der Waals surface area contributed by atoms with E-state index in [1.807, 2.05) is 0 Å². The highest BCUT2D eigenvalue weighted by Gasteiger charge is 2.14. The van der Waals surface area contributed by atoms with Crippen molar-refractivity contribution in [2.24, 2.45) is 0 Å². The molecule has 0 fully saturated rings. The minimum Gasteiger partial charge on any atom is -0.455 e. The second kappa shape index (κ2) is 8.20. The Morgan fingerprint density at radius 1 is 1.20 bits per heavy atom. The van der Waals surface area contributed by atoms with Crippen molar-refractivity contribution in [1.82, 2.24) is 0 Å². The quantitative estimate of drug-likeness (QED) is 0.481. The molecule has 0 aliphatic carbocycles. The Morgan fingerprint density at radius 2 is 1.88 bits per heavy atom. The summed E-state index contributed by atoms with van der Waals surface area (Å²) in [5, 5.41) is 13.2. The van der Waals surface area contributed by atoms with Gasteiger partial charge in [-0.05, 0) is 23.8 Å². The van der Waals surface area contributed by atoms with Crippen LogP contribution in [0.1, 0.15) is 5.56 Å². The van der Waals surface area contributed by atoms with Crippen LogP contribution in [0.15, 0.2) is 42.5 Å². The molecule has 2 aromatic carbocycles. The lowest BCUT2D eigenvalue weighted by Crippen LogP contribution is -2.21. The first-order valence-corrected chi connectivity index (χ1v) is 7.37. The number of ether oxygens (including phenoxy) is 1. The number of esters is 1. The van der Waals surface area contributed by atoms with E-state index in [2.05, 4.69) is 5.32 Å². The monoisotopic (exact) mass is 366 g/mol. The van der Waals surface area contributed by atoms with E-state index in [1.54, 1.807) is 0 Å². The molecule has 7 nitrogen and oxygen atoms in total. The van der Waals surface area contributed by atoms with Gasteiger partial charge < -0.3 is 10.1 Å². The Kier molecular flexibility index (Phi) is 6.02. The average Bonchev–Trinajstić information content (AvgIpc) is 2.57. The zero-order chi connectivity index (χ0) is 18.4. The highest BCUT2D eigenvalue weighted by molar-refractivity contribution is 6.33. The Morgan fingerprint density at radius 3 is 2.52 bits per heavy atom. The van der Waals surface area contributed by atoms with Crippen molar-refractivity contribution in [3.8, 4) is 0 Å². The summed E-state index contributed by atoms with van der Waals surface area (Å²) in [4.78, 5) is 33.5. The van der Waals surface area contributed by atoms with Crippen molar-refractivity contribution in [2.75, 3.05) is 11.9 Å². The number of non-ortho nitro benzene ring substituents is 1. The molecule has 0 aromatic heterocycles. The van der Waals surface area contributed by atoms with Gasteiger partial charge in [-0.15, -0.1) is 0 Å². The molecule has 130 valence electrons. The number of rotatable bonds is 6. The minimum atomic E-state index is -0.699. The number of carbonyl (C=O) groups is 2. The molecule has 0 saturated carbocycles. The average molecular weight is 367 g/mol. The molecule has 2 rings (SSSR count). The molecule has 1 amide bonds. The SMILES string of the molecule is O=C(COC(=O)Cc1ccc(F)cc1)Nc1cc([N+](=O)[O-])ccc1Cl. The van der Waals surface area contributed by atoms with Gasteiger partial charge in [0.15, 0.2) is 6.61 Å². The minimum absolute atomic E-state index is 0.0375. The lowest BCUT2D eigenvalue weighted by molar-refractivity contribution is -0.384. The normalized spacial score (nSPS) is 10.2. The van der Waals surface area contributed by atoms with E-state index < -0.39 is 29.2 Å². The number of nitro groups is 1. The Bertz CT molecular complexity index is 811. The number of halogens is 2. The molecule has 0 radical (unpaired) electrons. The molecule has 9 heteroatoms. The van der Waals surface area contributed by atoms with Crippen LogP contribution in [0.5, 0.6) is 0 Å². The predicted octanol–water partition coefficient (Wildman–Crippen LogP) is 3.11. The molecule has 0 atom stereocenters. The fourth-order valence-electron chi connectivity index (χ4n) is 1.87. The molecule has 0 bridgehead atoms. The van der Waals surface area contributed by atoms with Gasteiger partial charge >= 0.3 is 5.97 Å². The van der Waals surface area contributed by atoms with Crippen molar-refractivity contribution in [3.63, 3.8) is 0 Å². The number of benzene rings is 2. The maximum Gasteiger partial charge on any atom is 0.310 e. The standard InChI is InChI=1S/C16H12ClFN2O5/c17-13-6-5-12(20(23)24)8-14(13)19-15(21)9-25-16(22)7-10-1-3-11(18)4-2-10/h1-6,8H,7,9H2,(H,19,21). The number of anilines is 1. The third kappa shape index (κ3) is 5.54. The summed E-state index contributed by atoms with van der Waals surface area (Å²) in [6.07, 6.45) is -0.120. The van der Waals surface area contributed by atoms with Crippen LogP contribution in [-0.2, 0) is 20.7 Å². The lowest BCUT2D eigenvalue weighted by atomic mass is 10.1. The van der Waals surface area contributed by atoms with Crippen LogP contribution in [0.25, 0.3) is 0 Å². The number of nitro benzene ring substituents is 1. The maximum absolute atomic E-state index is 12.8. The van der Waals surface area contributed by atoms with Gasteiger partial charge in [-0.25, -0.2) is 4.39 Å². The molecular weight excluding hydrogens is 355 g/mol. The van der Waals surface area contributed by atoms with Crippen molar-refractivity contribution >= 4 is 34.9 Å². The molecule has 25 heavy (non-hydrogen) atoms. The molecule has 0 aliphatic rings. The summed E-state index contributed by atoms with van der Waals surface area (Å²) in [6.45, 7) is -0.584. The maximum atomic E-state index is 12.8. The van der Waals surface area contributed by atoms with E-state index in [0.29, 0.717) is 5.56 Å². The van der Waals surface area contributed by atoms with Crippen LogP contribution in [0.3, 0.4) is 0 Å². The molecule has 0 unspecified atom stereocenters. The van der Waals surface area contributed by atoms with Crippen LogP contribution in [0.4, 0.5) is 15.8 Å². The summed E-state index contributed by atoms with van der Waals surface area (Å²) in [7, 11) is 0. The Labute approximate surface area is 146 Å². The third-order valence-electron chi connectivity index (χ3n) is 3.06. The predicted molar refractivity (Wildman–Crippen MR) is 87.8 cm³/mol. The number of nitrogens with one attached hydrogen (secondary N) is 1. The van der Waals surface area contributed by atoms with E-state index in [9.17, 15) is 24.1 Å². The van der Waals surface area contributed by atoms with Crippen molar-refractivity contribution in [2.45, 2.75) is 6.42 Å². The van der Waals surface area contributed by atoms with Gasteiger partial charge in [0.05, 0.1) is 22.1 Å². The largest absolute Gasteiger partial charge is 0.455 e. The molecule has 0 aliphatic heterocycles. The highest BCUT2D eigenvalue weighted by atomic mass is 35.5. The van der Waals surface area contributed by atoms with Gasteiger partial charge in [-0.1, -0.05) is 23.7 Å². The fourth-order valence-corrected chi connectivity index (χ4v) is 2.04. The van der Waals surface area contributed by atoms with Gasteiger partial charge in [0.1, 0.15) is 5.82 Å². The lowest BCUT2D eigenvalue weighted by Gasteiger charge is -2.08. The molecule has 2 aromatic rings. The first kappa shape index (κ1) is 18.3. The van der Waals surface area contributed by atoms with Crippen LogP contribution in [0.2, 0.25) is 5.02 Å². The van der Waals surface area contributed by atoms with E-state index in [0.717, 1.165) is 6.07 Å². The first-order chi connectivity index (χ1) is 11.8. The molecule has 1 N–H and O–H groups in total. The smallest absolute Gasteiger partial charge is 0.310 e. The summed E-state index contributed by atoms with van der Waals surface area (Å²) in [5.74, 6) is -1.80. The number of amides is 1. The summed E-state index contributed by atoms with van der Waals surface area (Å²) in [5.41, 5.74) is 0.331. The first-order valence-electron chi connectivity index (χ1n) is 6.99. The van der Waals surface area contributed by atoms with Crippen LogP contribution in [-0.4, -0.2) is 23.4 Å². The van der Waals surface area contributed by atoms with Gasteiger partial charge in [-0.3, -0.25) is 19.7 Å². The number of hydrogen-bond acceptors (Lipinski definition) is 5. The van der Waals surface area contributed by atoms with Crippen LogP contribution >= 0.6 is 11.6 Å². The third-order valence-corrected chi connectivity index (χ3v) is 3.39. The van der Waals surface area contributed by atoms with Crippen LogP contribution < -0.4 is 5.32 Å². The number of carbonyl (C=O) groups excluding carboxylic acids is 2. The van der Waals surface area contributed by atoms with Gasteiger partial charge in [0.2, 0.25) is 0 Å². The topological polar surface area (TPSA) is 98.5 Å². The van der Waals surface area contributed by atoms with Gasteiger partial charge in [-0.2, -0.15) is 0 Å². The van der Waals surface area contributed by atoms with Gasteiger partial charge in [0.25, 0.3) is 11.6 Å². The van der Waals surface area contributed by atoms with Gasteiger partial charge in [0, 0.05) is 12.1 Å². The number of hydrogen-bond donors (Lipinski definition) is 1. The summed E-state index contributed by atoms with van der Waals surface area (Å²) < 4.78 is 17.6. The zero-order valence-electron chi connectivity index (χ0n) is 12.7. The Balaban J connectivity index is 1.88. The Hall–Kier alpha value is -3.00. The zero-order valence-corrected chi connectivity index (χ0v) is 13.5. The van der Waals surface area contributed by atoms with Crippen molar-refractivity contribution in [1.29, 1.82) is 0 Å². The molecule has 0 heterocycles. The van der Waals surface area contributed by atoms with E-state index in [4.69, 9.17) is 16.3 Å². The fraction of sp³-hybridized carbons (Fsp3) is 0.125. The highest BCUT2D eigenvalue weighted by Crippen LogP contribution is 2.26.